The Morgan fingerprint density at radius 3 is 2.58 bits per heavy atom. The monoisotopic (exact) mass is 358 g/mol. The van der Waals surface area contributed by atoms with E-state index in [0.717, 1.165) is 18.9 Å². The van der Waals surface area contributed by atoms with E-state index >= 15 is 0 Å². The van der Waals surface area contributed by atoms with Crippen LogP contribution in [0.5, 0.6) is 5.75 Å². The van der Waals surface area contributed by atoms with Crippen molar-refractivity contribution in [3.63, 3.8) is 0 Å². The van der Waals surface area contributed by atoms with E-state index in [1.807, 2.05) is 20.8 Å². The van der Waals surface area contributed by atoms with E-state index in [2.05, 4.69) is 0 Å². The maximum atomic E-state index is 13.3. The molecule has 0 radical (unpaired) electrons. The van der Waals surface area contributed by atoms with Crippen LogP contribution in [0.3, 0.4) is 0 Å². The third-order valence-corrected chi connectivity index (χ3v) is 4.08. The molecule has 0 saturated carbocycles. The minimum atomic E-state index is -0.563. The number of likely N-dealkylation sites (tertiary alicyclic amines) is 1. The number of halogens is 2. The van der Waals surface area contributed by atoms with Crippen molar-refractivity contribution in [2.45, 2.75) is 39.2 Å². The highest BCUT2D eigenvalue weighted by atomic mass is 35.5. The maximum Gasteiger partial charge on any atom is 0.410 e. The number of nitrogens with zero attached hydrogens (tertiary/aromatic N) is 1. The number of ether oxygens (including phenoxy) is 2. The van der Waals surface area contributed by atoms with Crippen LogP contribution < -0.4 is 10.5 Å². The van der Waals surface area contributed by atoms with Crippen molar-refractivity contribution in [1.29, 1.82) is 0 Å². The number of benzene rings is 1. The molecule has 1 aliphatic rings. The third kappa shape index (κ3) is 5.16. The largest absolute Gasteiger partial charge is 0.491 e. The van der Waals surface area contributed by atoms with E-state index in [9.17, 15) is 9.18 Å². The van der Waals surface area contributed by atoms with Crippen molar-refractivity contribution < 1.29 is 18.7 Å². The molecule has 0 unspecified atom stereocenters. The van der Waals surface area contributed by atoms with Crippen molar-refractivity contribution >= 4 is 23.4 Å². The van der Waals surface area contributed by atoms with E-state index in [1.54, 1.807) is 4.90 Å². The van der Waals surface area contributed by atoms with Gasteiger partial charge < -0.3 is 20.1 Å². The summed E-state index contributed by atoms with van der Waals surface area (Å²) in [5.74, 6) is 0.120. The summed E-state index contributed by atoms with van der Waals surface area (Å²) >= 11 is 5.75. The van der Waals surface area contributed by atoms with E-state index in [0.29, 0.717) is 31.4 Å². The topological polar surface area (TPSA) is 64.8 Å². The number of anilines is 1. The average Bonchev–Trinajstić information content (AvgIpc) is 2.48. The van der Waals surface area contributed by atoms with Crippen molar-refractivity contribution in [3.8, 4) is 5.75 Å². The Morgan fingerprint density at radius 2 is 2.00 bits per heavy atom. The van der Waals surface area contributed by atoms with Crippen LogP contribution in [0.25, 0.3) is 0 Å². The number of hydrogen-bond acceptors (Lipinski definition) is 4. The molecule has 7 heteroatoms. The fourth-order valence-corrected chi connectivity index (χ4v) is 2.64. The molecule has 0 aromatic heterocycles. The predicted molar refractivity (Wildman–Crippen MR) is 91.8 cm³/mol. The van der Waals surface area contributed by atoms with Gasteiger partial charge in [-0.3, -0.25) is 0 Å². The van der Waals surface area contributed by atoms with Gasteiger partial charge in [0.1, 0.15) is 17.2 Å². The molecule has 2 rings (SSSR count). The van der Waals surface area contributed by atoms with Gasteiger partial charge in [-0.05, 0) is 39.5 Å². The fourth-order valence-electron chi connectivity index (χ4n) is 2.49. The first-order chi connectivity index (χ1) is 11.2. The van der Waals surface area contributed by atoms with Crippen LogP contribution >= 0.6 is 11.6 Å². The number of amides is 1. The first-order valence-corrected chi connectivity index (χ1v) is 8.39. The van der Waals surface area contributed by atoms with Gasteiger partial charge in [-0.25, -0.2) is 9.18 Å². The second-order valence-corrected chi connectivity index (χ2v) is 7.43. The van der Waals surface area contributed by atoms with Crippen LogP contribution in [0.15, 0.2) is 12.1 Å². The summed E-state index contributed by atoms with van der Waals surface area (Å²) in [4.78, 5) is 13.7. The lowest BCUT2D eigenvalue weighted by atomic mass is 9.98. The molecule has 1 aliphatic heterocycles. The van der Waals surface area contributed by atoms with Gasteiger partial charge in [0.25, 0.3) is 0 Å². The summed E-state index contributed by atoms with van der Waals surface area (Å²) in [5.41, 5.74) is 5.47. The molecule has 134 valence electrons. The van der Waals surface area contributed by atoms with Gasteiger partial charge in [0, 0.05) is 25.2 Å². The summed E-state index contributed by atoms with van der Waals surface area (Å²) in [7, 11) is 0. The lowest BCUT2D eigenvalue weighted by Gasteiger charge is -2.33. The van der Waals surface area contributed by atoms with Crippen molar-refractivity contribution in [2.24, 2.45) is 5.92 Å². The van der Waals surface area contributed by atoms with Gasteiger partial charge in [-0.1, -0.05) is 11.6 Å². The highest BCUT2D eigenvalue weighted by Crippen LogP contribution is 2.29. The summed E-state index contributed by atoms with van der Waals surface area (Å²) < 4.78 is 24.3. The number of hydrogen-bond donors (Lipinski definition) is 1. The minimum absolute atomic E-state index is 0.0149. The zero-order valence-corrected chi connectivity index (χ0v) is 15.0. The molecule has 1 aromatic carbocycles. The Balaban J connectivity index is 1.81. The molecule has 1 saturated heterocycles. The standard InChI is InChI=1S/C17H24ClFN2O3/c1-17(2,3)24-16(22)21-6-4-11(5-7-21)10-23-15-8-12(18)13(19)9-14(15)20/h8-9,11H,4-7,10,20H2,1-3H3. The van der Waals surface area contributed by atoms with Gasteiger partial charge >= 0.3 is 6.09 Å². The van der Waals surface area contributed by atoms with Gasteiger partial charge in [0.05, 0.1) is 17.3 Å². The molecular formula is C17H24ClFN2O3. The second-order valence-electron chi connectivity index (χ2n) is 7.03. The summed E-state index contributed by atoms with van der Waals surface area (Å²) in [6, 6.07) is 2.55. The molecular weight excluding hydrogens is 335 g/mol. The maximum absolute atomic E-state index is 13.3. The minimum Gasteiger partial charge on any atom is -0.491 e. The van der Waals surface area contributed by atoms with E-state index in [4.69, 9.17) is 26.8 Å². The fraction of sp³-hybridized carbons (Fsp3) is 0.588. The molecule has 2 N–H and O–H groups in total. The zero-order valence-electron chi connectivity index (χ0n) is 14.3. The first-order valence-electron chi connectivity index (χ1n) is 8.01. The predicted octanol–water partition coefficient (Wildman–Crippen LogP) is 4.09. The molecule has 1 aromatic rings. The number of piperidine rings is 1. The number of nitrogens with two attached hydrogens (primary N) is 1. The Kier molecular flexibility index (Phi) is 5.80. The van der Waals surface area contributed by atoms with Gasteiger partial charge in [-0.15, -0.1) is 0 Å². The smallest absolute Gasteiger partial charge is 0.410 e. The van der Waals surface area contributed by atoms with Crippen LogP contribution in [-0.2, 0) is 4.74 Å². The van der Waals surface area contributed by atoms with Crippen LogP contribution in [0.4, 0.5) is 14.9 Å². The van der Waals surface area contributed by atoms with E-state index < -0.39 is 11.4 Å². The SMILES string of the molecule is CC(C)(C)OC(=O)N1CCC(COc2cc(Cl)c(F)cc2N)CC1. The normalized spacial score (nSPS) is 16.1. The number of carbonyl (C=O) groups is 1. The molecule has 0 atom stereocenters. The Hall–Kier alpha value is -1.69. The van der Waals surface area contributed by atoms with Gasteiger partial charge in [-0.2, -0.15) is 0 Å². The van der Waals surface area contributed by atoms with Crippen LogP contribution in [0.1, 0.15) is 33.6 Å². The molecule has 5 nitrogen and oxygen atoms in total. The van der Waals surface area contributed by atoms with Crippen molar-refractivity contribution in [2.75, 3.05) is 25.4 Å². The second kappa shape index (κ2) is 7.47. The summed E-state index contributed by atoms with van der Waals surface area (Å²) in [5, 5.41) is -0.0149. The number of rotatable bonds is 3. The highest BCUT2D eigenvalue weighted by Gasteiger charge is 2.27. The first kappa shape index (κ1) is 18.6. The Morgan fingerprint density at radius 1 is 1.38 bits per heavy atom. The lowest BCUT2D eigenvalue weighted by Crippen LogP contribution is -2.42. The number of nitrogen functional groups attached to an aromatic ring is 1. The Labute approximate surface area is 146 Å². The average molecular weight is 359 g/mol. The molecule has 0 aliphatic carbocycles. The van der Waals surface area contributed by atoms with Gasteiger partial charge in [0.15, 0.2) is 0 Å². The Bertz CT molecular complexity index is 596. The third-order valence-electron chi connectivity index (χ3n) is 3.79. The quantitative estimate of drug-likeness (QED) is 0.826. The molecule has 0 spiro atoms. The van der Waals surface area contributed by atoms with Crippen molar-refractivity contribution in [3.05, 3.63) is 23.0 Å². The lowest BCUT2D eigenvalue weighted by molar-refractivity contribution is 0.0165. The summed E-state index contributed by atoms with van der Waals surface area (Å²) in [6.45, 7) is 7.26. The highest BCUT2D eigenvalue weighted by molar-refractivity contribution is 6.31. The van der Waals surface area contributed by atoms with Crippen molar-refractivity contribution in [1.82, 2.24) is 4.90 Å². The van der Waals surface area contributed by atoms with Crippen LogP contribution in [0.2, 0.25) is 5.02 Å². The molecule has 1 heterocycles. The number of carbonyl (C=O) groups excluding carboxylic acids is 1. The van der Waals surface area contributed by atoms with Gasteiger partial charge in [0.2, 0.25) is 0 Å². The molecule has 0 bridgehead atoms. The summed E-state index contributed by atoms with van der Waals surface area (Å²) in [6.07, 6.45) is 1.35. The van der Waals surface area contributed by atoms with Crippen LogP contribution in [-0.4, -0.2) is 36.3 Å². The molecule has 1 amide bonds. The van der Waals surface area contributed by atoms with Crippen LogP contribution in [0, 0.1) is 11.7 Å². The molecule has 24 heavy (non-hydrogen) atoms. The van der Waals surface area contributed by atoms with E-state index in [-0.39, 0.29) is 16.8 Å². The zero-order chi connectivity index (χ0) is 17.9. The molecule has 1 fully saturated rings. The van der Waals surface area contributed by atoms with E-state index in [1.165, 1.54) is 6.07 Å².